The summed E-state index contributed by atoms with van der Waals surface area (Å²) in [6, 6.07) is 7.20. The number of hydrogen-bond donors (Lipinski definition) is 0. The molecule has 0 radical (unpaired) electrons. The van der Waals surface area contributed by atoms with Gasteiger partial charge in [-0.1, -0.05) is 61.4 Å². The van der Waals surface area contributed by atoms with Gasteiger partial charge < -0.3 is 0 Å². The molecule has 3 aliphatic rings. The summed E-state index contributed by atoms with van der Waals surface area (Å²) in [5.74, 6) is -1.00. The van der Waals surface area contributed by atoms with Crippen LogP contribution in [-0.2, 0) is 14.4 Å². The summed E-state index contributed by atoms with van der Waals surface area (Å²) in [4.78, 5) is 41.2. The SMILES string of the molecule is CC(=O)N1C(=O)C(=C2SC(=S)N(C3CCCCC3)C2=O)c2ccccc21. The second-order valence-corrected chi connectivity index (χ2v) is 8.36. The van der Waals surface area contributed by atoms with E-state index in [-0.39, 0.29) is 17.9 Å². The third-order valence-corrected chi connectivity index (χ3v) is 6.51. The first-order valence-electron chi connectivity index (χ1n) is 8.74. The predicted octanol–water partition coefficient (Wildman–Crippen LogP) is 3.48. The second kappa shape index (κ2) is 6.63. The number of thioether (sulfide) groups is 1. The molecule has 1 saturated heterocycles. The minimum absolute atomic E-state index is 0.116. The number of hydrogen-bond acceptors (Lipinski definition) is 5. The lowest BCUT2D eigenvalue weighted by Crippen LogP contribution is -2.40. The van der Waals surface area contributed by atoms with Crippen LogP contribution in [0, 0.1) is 0 Å². The molecule has 1 aromatic carbocycles. The first-order chi connectivity index (χ1) is 12.5. The number of anilines is 1. The lowest BCUT2D eigenvalue weighted by atomic mass is 9.94. The number of benzene rings is 1. The Kier molecular flexibility index (Phi) is 4.44. The van der Waals surface area contributed by atoms with Crippen molar-refractivity contribution in [1.82, 2.24) is 4.90 Å². The van der Waals surface area contributed by atoms with Crippen molar-refractivity contribution >= 4 is 57.3 Å². The number of nitrogens with zero attached hydrogens (tertiary/aromatic N) is 2. The summed E-state index contributed by atoms with van der Waals surface area (Å²) < 4.78 is 0.510. The molecule has 4 rings (SSSR count). The van der Waals surface area contributed by atoms with Crippen LogP contribution in [-0.4, -0.2) is 33.0 Å². The molecule has 26 heavy (non-hydrogen) atoms. The van der Waals surface area contributed by atoms with Gasteiger partial charge in [-0.25, -0.2) is 4.90 Å². The van der Waals surface area contributed by atoms with Crippen LogP contribution in [0.1, 0.15) is 44.6 Å². The fraction of sp³-hybridized carbons (Fsp3) is 0.368. The molecule has 0 aromatic heterocycles. The van der Waals surface area contributed by atoms with E-state index in [4.69, 9.17) is 12.2 Å². The van der Waals surface area contributed by atoms with E-state index in [0.29, 0.717) is 26.0 Å². The van der Waals surface area contributed by atoms with Crippen LogP contribution in [0.2, 0.25) is 0 Å². The summed E-state index contributed by atoms with van der Waals surface area (Å²) in [5, 5.41) is 0. The molecule has 0 atom stereocenters. The molecule has 7 heteroatoms. The molecular formula is C19H18N2O3S2. The average molecular weight is 386 g/mol. The number of carbonyl (C=O) groups excluding carboxylic acids is 3. The molecule has 1 saturated carbocycles. The normalized spacial score (nSPS) is 23.8. The smallest absolute Gasteiger partial charge is 0.267 e. The maximum atomic E-state index is 13.1. The predicted molar refractivity (Wildman–Crippen MR) is 105 cm³/mol. The minimum Gasteiger partial charge on any atom is -0.290 e. The lowest BCUT2D eigenvalue weighted by molar-refractivity contribution is -0.125. The molecule has 0 N–H and O–H groups in total. The lowest BCUT2D eigenvalue weighted by Gasteiger charge is -2.29. The molecule has 0 unspecified atom stereocenters. The molecule has 0 spiro atoms. The number of imide groups is 1. The number of carbonyl (C=O) groups is 3. The summed E-state index contributed by atoms with van der Waals surface area (Å²) in [5.41, 5.74) is 1.45. The first kappa shape index (κ1) is 17.4. The monoisotopic (exact) mass is 386 g/mol. The molecule has 134 valence electrons. The highest BCUT2D eigenvalue weighted by atomic mass is 32.2. The van der Waals surface area contributed by atoms with Crippen molar-refractivity contribution in [3.8, 4) is 0 Å². The van der Waals surface area contributed by atoms with E-state index in [2.05, 4.69) is 0 Å². The highest BCUT2D eigenvalue weighted by molar-refractivity contribution is 8.26. The topological polar surface area (TPSA) is 57.7 Å². The zero-order valence-electron chi connectivity index (χ0n) is 14.4. The van der Waals surface area contributed by atoms with Crippen LogP contribution < -0.4 is 4.90 Å². The third kappa shape index (κ3) is 2.61. The van der Waals surface area contributed by atoms with Crippen molar-refractivity contribution in [2.24, 2.45) is 0 Å². The van der Waals surface area contributed by atoms with E-state index in [1.807, 2.05) is 0 Å². The Morgan fingerprint density at radius 3 is 2.50 bits per heavy atom. The van der Waals surface area contributed by atoms with Crippen LogP contribution in [0.25, 0.3) is 5.57 Å². The van der Waals surface area contributed by atoms with Crippen LogP contribution in [0.4, 0.5) is 5.69 Å². The quantitative estimate of drug-likeness (QED) is 0.546. The largest absolute Gasteiger partial charge is 0.290 e. The van der Waals surface area contributed by atoms with Gasteiger partial charge in [-0.15, -0.1) is 0 Å². The second-order valence-electron chi connectivity index (χ2n) is 6.72. The van der Waals surface area contributed by atoms with E-state index < -0.39 is 5.91 Å². The molecule has 2 heterocycles. The Labute approximate surface area is 161 Å². The molecule has 0 bridgehead atoms. The van der Waals surface area contributed by atoms with Gasteiger partial charge in [0.05, 0.1) is 16.2 Å². The van der Waals surface area contributed by atoms with Gasteiger partial charge in [0, 0.05) is 18.5 Å². The van der Waals surface area contributed by atoms with Crippen molar-refractivity contribution in [1.29, 1.82) is 0 Å². The molecule has 3 amide bonds. The molecule has 2 fully saturated rings. The maximum Gasteiger partial charge on any atom is 0.267 e. The van der Waals surface area contributed by atoms with Gasteiger partial charge in [0.2, 0.25) is 5.91 Å². The van der Waals surface area contributed by atoms with Gasteiger partial charge in [0.1, 0.15) is 4.32 Å². The fourth-order valence-electron chi connectivity index (χ4n) is 3.93. The summed E-state index contributed by atoms with van der Waals surface area (Å²) >= 11 is 6.65. The molecular weight excluding hydrogens is 368 g/mol. The maximum absolute atomic E-state index is 13.1. The number of fused-ring (bicyclic) bond motifs is 1. The van der Waals surface area contributed by atoms with Gasteiger partial charge in [-0.05, 0) is 18.9 Å². The zero-order valence-corrected chi connectivity index (χ0v) is 16.0. The first-order valence-corrected chi connectivity index (χ1v) is 9.97. The Balaban J connectivity index is 1.79. The van der Waals surface area contributed by atoms with Gasteiger partial charge in [-0.3, -0.25) is 19.3 Å². The Bertz CT molecular complexity index is 871. The number of para-hydroxylation sites is 1. The Morgan fingerprint density at radius 2 is 1.81 bits per heavy atom. The molecule has 1 aromatic rings. The Morgan fingerprint density at radius 1 is 1.12 bits per heavy atom. The molecule has 1 aliphatic carbocycles. The van der Waals surface area contributed by atoms with Crippen LogP contribution in [0.5, 0.6) is 0 Å². The van der Waals surface area contributed by atoms with E-state index in [0.717, 1.165) is 30.6 Å². The van der Waals surface area contributed by atoms with Crippen molar-refractivity contribution < 1.29 is 14.4 Å². The Hall–Kier alpha value is -1.99. The number of rotatable bonds is 1. The van der Waals surface area contributed by atoms with Crippen molar-refractivity contribution in [3.63, 3.8) is 0 Å². The summed E-state index contributed by atoms with van der Waals surface area (Å²) in [7, 11) is 0. The summed E-state index contributed by atoms with van der Waals surface area (Å²) in [6.07, 6.45) is 5.26. The summed E-state index contributed by atoms with van der Waals surface area (Å²) in [6.45, 7) is 1.35. The third-order valence-electron chi connectivity index (χ3n) is 5.11. The van der Waals surface area contributed by atoms with E-state index in [1.165, 1.54) is 25.1 Å². The average Bonchev–Trinajstić information content (AvgIpc) is 3.08. The van der Waals surface area contributed by atoms with Gasteiger partial charge in [-0.2, -0.15) is 0 Å². The molecule has 2 aliphatic heterocycles. The zero-order chi connectivity index (χ0) is 18.4. The van der Waals surface area contributed by atoms with Gasteiger partial charge >= 0.3 is 0 Å². The van der Waals surface area contributed by atoms with E-state index >= 15 is 0 Å². The van der Waals surface area contributed by atoms with Crippen LogP contribution >= 0.6 is 24.0 Å². The van der Waals surface area contributed by atoms with E-state index in [1.54, 1.807) is 29.2 Å². The number of amides is 3. The van der Waals surface area contributed by atoms with Gasteiger partial charge in [0.25, 0.3) is 11.8 Å². The fourth-order valence-corrected chi connectivity index (χ4v) is 5.40. The standard InChI is InChI=1S/C19H18N2O3S2/c1-11(22)20-14-10-6-5-9-13(14)15(17(20)23)16-18(24)21(19(25)26-16)12-7-3-2-4-8-12/h5-6,9-10,12H,2-4,7-8H2,1H3. The highest BCUT2D eigenvalue weighted by Crippen LogP contribution is 2.45. The highest BCUT2D eigenvalue weighted by Gasteiger charge is 2.44. The van der Waals surface area contributed by atoms with E-state index in [9.17, 15) is 14.4 Å². The van der Waals surface area contributed by atoms with Crippen molar-refractivity contribution in [3.05, 3.63) is 34.7 Å². The van der Waals surface area contributed by atoms with Crippen molar-refractivity contribution in [2.75, 3.05) is 4.90 Å². The number of thiocarbonyl (C=S) groups is 1. The van der Waals surface area contributed by atoms with Gasteiger partial charge in [0.15, 0.2) is 0 Å². The van der Waals surface area contributed by atoms with Crippen molar-refractivity contribution in [2.45, 2.75) is 45.1 Å². The minimum atomic E-state index is -0.442. The molecule has 5 nitrogen and oxygen atoms in total. The van der Waals surface area contributed by atoms with Crippen LogP contribution in [0.3, 0.4) is 0 Å². The van der Waals surface area contributed by atoms with Crippen LogP contribution in [0.15, 0.2) is 29.2 Å².